The van der Waals surface area contributed by atoms with Crippen LogP contribution in [-0.4, -0.2) is 40.2 Å². The first-order valence-corrected chi connectivity index (χ1v) is 13.1. The summed E-state index contributed by atoms with van der Waals surface area (Å²) >= 11 is 0. The van der Waals surface area contributed by atoms with Gasteiger partial charge in [0.25, 0.3) is 0 Å². The van der Waals surface area contributed by atoms with Gasteiger partial charge in [0, 0.05) is 19.0 Å². The molecule has 0 aromatic heterocycles. The SMILES string of the molecule is CC(C)=CCN1CCC2(C)c3cc(O)ccc3CC1C2C.CCCCCCCCCC(=O)O. The molecule has 33 heavy (non-hydrogen) atoms. The Kier molecular flexibility index (Phi) is 11.0. The number of aromatic hydroxyl groups is 1. The first kappa shape index (κ1) is 27.4. The van der Waals surface area contributed by atoms with Gasteiger partial charge >= 0.3 is 5.97 Å². The van der Waals surface area contributed by atoms with Crippen LogP contribution in [0.15, 0.2) is 29.8 Å². The van der Waals surface area contributed by atoms with Crippen LogP contribution in [0.3, 0.4) is 0 Å². The Morgan fingerprint density at radius 3 is 2.45 bits per heavy atom. The maximum Gasteiger partial charge on any atom is 0.303 e. The molecule has 1 fully saturated rings. The second-order valence-electron chi connectivity index (χ2n) is 10.6. The molecule has 1 heterocycles. The smallest absolute Gasteiger partial charge is 0.303 e. The van der Waals surface area contributed by atoms with Crippen molar-refractivity contribution >= 4 is 5.97 Å². The predicted octanol–water partition coefficient (Wildman–Crippen LogP) is 7.09. The normalized spacial score (nSPS) is 23.8. The summed E-state index contributed by atoms with van der Waals surface area (Å²) in [7, 11) is 0. The number of phenols is 1. The second-order valence-corrected chi connectivity index (χ2v) is 10.6. The molecule has 2 N–H and O–H groups in total. The fraction of sp³-hybridized carbons (Fsp3) is 0.690. The molecule has 3 unspecified atom stereocenters. The summed E-state index contributed by atoms with van der Waals surface area (Å²) < 4.78 is 0. The number of piperidine rings is 1. The average Bonchev–Trinajstić information content (AvgIpc) is 2.76. The van der Waals surface area contributed by atoms with E-state index in [9.17, 15) is 9.90 Å². The number of hydrogen-bond acceptors (Lipinski definition) is 3. The number of likely N-dealkylation sites (tertiary alicyclic amines) is 1. The Hall–Kier alpha value is -1.81. The summed E-state index contributed by atoms with van der Waals surface area (Å²) in [5, 5.41) is 18.2. The highest BCUT2D eigenvalue weighted by atomic mass is 16.4. The monoisotopic (exact) mass is 457 g/mol. The molecule has 0 radical (unpaired) electrons. The number of unbranched alkanes of at least 4 members (excludes halogenated alkanes) is 6. The Morgan fingerprint density at radius 2 is 1.82 bits per heavy atom. The molecule has 2 bridgehead atoms. The summed E-state index contributed by atoms with van der Waals surface area (Å²) in [6.07, 6.45) is 13.3. The number of hydrogen-bond donors (Lipinski definition) is 2. The van der Waals surface area contributed by atoms with Gasteiger partial charge in [-0.2, -0.15) is 0 Å². The highest BCUT2D eigenvalue weighted by molar-refractivity contribution is 5.66. The third-order valence-electron chi connectivity index (χ3n) is 7.84. The molecule has 0 spiro atoms. The van der Waals surface area contributed by atoms with Gasteiger partial charge in [-0.1, -0.05) is 77.0 Å². The van der Waals surface area contributed by atoms with Gasteiger partial charge in [-0.25, -0.2) is 0 Å². The molecule has 0 saturated carbocycles. The van der Waals surface area contributed by atoms with Crippen molar-refractivity contribution in [1.29, 1.82) is 0 Å². The second kappa shape index (κ2) is 13.2. The van der Waals surface area contributed by atoms with Gasteiger partial charge in [0.2, 0.25) is 0 Å². The topological polar surface area (TPSA) is 60.8 Å². The Bertz CT molecular complexity index is 783. The number of nitrogens with zero attached hydrogens (tertiary/aromatic N) is 1. The lowest BCUT2D eigenvalue weighted by Crippen LogP contribution is -2.57. The number of carboxylic acids is 1. The van der Waals surface area contributed by atoms with Crippen LogP contribution in [0.25, 0.3) is 0 Å². The first-order chi connectivity index (χ1) is 15.7. The van der Waals surface area contributed by atoms with Crippen LogP contribution in [0.5, 0.6) is 5.75 Å². The summed E-state index contributed by atoms with van der Waals surface area (Å²) in [6, 6.07) is 6.60. The summed E-state index contributed by atoms with van der Waals surface area (Å²) in [6.45, 7) is 13.6. The number of carbonyl (C=O) groups is 1. The molecule has 4 heteroatoms. The molecule has 2 aliphatic rings. The van der Waals surface area contributed by atoms with Crippen molar-refractivity contribution in [3.05, 3.63) is 41.0 Å². The number of fused-ring (bicyclic) bond motifs is 4. The van der Waals surface area contributed by atoms with Crippen LogP contribution in [0, 0.1) is 5.92 Å². The van der Waals surface area contributed by atoms with Gasteiger partial charge in [-0.05, 0) is 74.2 Å². The standard InChI is InChI=1S/C19H27NO.C10H20O2/c1-13(2)7-9-20-10-8-19(4)14(3)18(20)11-15-5-6-16(21)12-17(15)19;1-2-3-4-5-6-7-8-9-10(11)12/h5-7,12,14,18,21H,8-11H2,1-4H3;2-9H2,1H3,(H,11,12). The average molecular weight is 458 g/mol. The molecule has 1 aromatic rings. The van der Waals surface area contributed by atoms with E-state index in [1.165, 1.54) is 55.2 Å². The van der Waals surface area contributed by atoms with E-state index >= 15 is 0 Å². The molecular weight excluding hydrogens is 410 g/mol. The summed E-state index contributed by atoms with van der Waals surface area (Å²) in [4.78, 5) is 12.8. The first-order valence-electron chi connectivity index (χ1n) is 13.1. The molecule has 4 nitrogen and oxygen atoms in total. The maximum atomic E-state index is 10.1. The lowest BCUT2D eigenvalue weighted by atomic mass is 9.59. The molecule has 3 rings (SSSR count). The van der Waals surface area contributed by atoms with E-state index in [0.717, 1.165) is 32.4 Å². The highest BCUT2D eigenvalue weighted by Gasteiger charge is 2.48. The highest BCUT2D eigenvalue weighted by Crippen LogP contribution is 2.49. The maximum absolute atomic E-state index is 10.1. The van der Waals surface area contributed by atoms with E-state index in [1.54, 1.807) is 0 Å². The third kappa shape index (κ3) is 7.88. The zero-order valence-corrected chi connectivity index (χ0v) is 21.7. The van der Waals surface area contributed by atoms with Crippen LogP contribution in [0.1, 0.15) is 104 Å². The van der Waals surface area contributed by atoms with E-state index in [2.05, 4.69) is 51.7 Å². The minimum atomic E-state index is -0.663. The quantitative estimate of drug-likeness (QED) is 0.291. The fourth-order valence-corrected chi connectivity index (χ4v) is 5.46. The Morgan fingerprint density at radius 1 is 1.15 bits per heavy atom. The molecule has 1 aliphatic heterocycles. The van der Waals surface area contributed by atoms with Crippen LogP contribution in [0.4, 0.5) is 0 Å². The van der Waals surface area contributed by atoms with Crippen molar-refractivity contribution in [3.8, 4) is 5.75 Å². The molecular formula is C29H47NO3. The number of allylic oxidation sites excluding steroid dienone is 1. The van der Waals surface area contributed by atoms with Crippen molar-refractivity contribution in [2.24, 2.45) is 5.92 Å². The van der Waals surface area contributed by atoms with E-state index in [1.807, 2.05) is 12.1 Å². The number of rotatable bonds is 10. The summed E-state index contributed by atoms with van der Waals surface area (Å²) in [5.41, 5.74) is 4.42. The number of benzene rings is 1. The van der Waals surface area contributed by atoms with Crippen LogP contribution in [-0.2, 0) is 16.6 Å². The lowest BCUT2D eigenvalue weighted by molar-refractivity contribution is -0.137. The number of carboxylic acid groups (broad SMARTS) is 1. The van der Waals surface area contributed by atoms with E-state index < -0.39 is 5.97 Å². The minimum absolute atomic E-state index is 0.207. The van der Waals surface area contributed by atoms with Gasteiger partial charge < -0.3 is 10.2 Å². The minimum Gasteiger partial charge on any atom is -0.508 e. The van der Waals surface area contributed by atoms with Crippen molar-refractivity contribution in [3.63, 3.8) is 0 Å². The number of phenolic OH excluding ortho intramolecular Hbond substituents is 1. The molecule has 1 aliphatic carbocycles. The van der Waals surface area contributed by atoms with Crippen molar-refractivity contribution in [2.75, 3.05) is 13.1 Å². The zero-order valence-electron chi connectivity index (χ0n) is 21.7. The lowest BCUT2D eigenvalue weighted by Gasteiger charge is -2.54. The molecule has 0 amide bonds. The van der Waals surface area contributed by atoms with Crippen molar-refractivity contribution in [1.82, 2.24) is 4.90 Å². The van der Waals surface area contributed by atoms with Crippen LogP contribution in [0.2, 0.25) is 0 Å². The van der Waals surface area contributed by atoms with Crippen molar-refractivity contribution < 1.29 is 15.0 Å². The number of aliphatic carboxylic acids is 1. The Balaban J connectivity index is 0.000000277. The molecule has 1 aromatic carbocycles. The van der Waals surface area contributed by atoms with Crippen molar-refractivity contribution in [2.45, 2.75) is 110 Å². The molecule has 186 valence electrons. The van der Waals surface area contributed by atoms with Gasteiger partial charge in [-0.3, -0.25) is 9.69 Å². The molecule has 1 saturated heterocycles. The predicted molar refractivity (Wildman–Crippen MR) is 138 cm³/mol. The van der Waals surface area contributed by atoms with Crippen LogP contribution >= 0.6 is 0 Å². The van der Waals surface area contributed by atoms with Gasteiger partial charge in [0.15, 0.2) is 0 Å². The third-order valence-corrected chi connectivity index (χ3v) is 7.84. The van der Waals surface area contributed by atoms with Gasteiger partial charge in [0.1, 0.15) is 5.75 Å². The molecule has 3 atom stereocenters. The van der Waals surface area contributed by atoms with E-state index in [-0.39, 0.29) is 5.41 Å². The fourth-order valence-electron chi connectivity index (χ4n) is 5.46. The van der Waals surface area contributed by atoms with E-state index in [4.69, 9.17) is 5.11 Å². The summed E-state index contributed by atoms with van der Waals surface area (Å²) in [5.74, 6) is 0.377. The Labute approximate surface area is 202 Å². The van der Waals surface area contributed by atoms with E-state index in [0.29, 0.717) is 24.1 Å². The largest absolute Gasteiger partial charge is 0.508 e. The van der Waals surface area contributed by atoms with Gasteiger partial charge in [-0.15, -0.1) is 0 Å². The zero-order chi connectivity index (χ0) is 24.4. The van der Waals surface area contributed by atoms with Gasteiger partial charge in [0.05, 0.1) is 0 Å². The van der Waals surface area contributed by atoms with Crippen LogP contribution < -0.4 is 0 Å².